The summed E-state index contributed by atoms with van der Waals surface area (Å²) in [6, 6.07) is 31.7. The lowest BCUT2D eigenvalue weighted by Gasteiger charge is -2.50. The zero-order chi connectivity index (χ0) is 31.8. The van der Waals surface area contributed by atoms with Crippen LogP contribution in [0.4, 0.5) is 0 Å². The van der Waals surface area contributed by atoms with Crippen molar-refractivity contribution in [3.05, 3.63) is 125 Å². The first-order chi connectivity index (χ1) is 21.8. The Morgan fingerprint density at radius 2 is 0.978 bits per heavy atom. The van der Waals surface area contributed by atoms with Crippen molar-refractivity contribution in [1.82, 2.24) is 0 Å². The van der Waals surface area contributed by atoms with Gasteiger partial charge in [0.2, 0.25) is 0 Å². The number of thiol groups is 1. The third-order valence-electron chi connectivity index (χ3n) is 8.09. The Morgan fingerprint density at radius 1 is 0.578 bits per heavy atom. The van der Waals surface area contributed by atoms with E-state index in [1.807, 2.05) is 91.9 Å². The molecule has 8 heteroatoms. The quantitative estimate of drug-likeness (QED) is 0.156. The van der Waals surface area contributed by atoms with Crippen LogP contribution in [0.3, 0.4) is 0 Å². The summed E-state index contributed by atoms with van der Waals surface area (Å²) in [7, 11) is 4.96. The van der Waals surface area contributed by atoms with E-state index in [9.17, 15) is 0 Å². The van der Waals surface area contributed by atoms with E-state index in [1.54, 1.807) is 21.3 Å². The van der Waals surface area contributed by atoms with E-state index < -0.39 is 23.2 Å². The van der Waals surface area contributed by atoms with Crippen LogP contribution in [0.2, 0.25) is 0 Å². The molecule has 1 aliphatic rings. The third kappa shape index (κ3) is 8.01. The van der Waals surface area contributed by atoms with E-state index in [-0.39, 0.29) is 6.10 Å². The number of benzene rings is 4. The zero-order valence-corrected chi connectivity index (χ0v) is 27.4. The van der Waals surface area contributed by atoms with Gasteiger partial charge >= 0.3 is 0 Å². The minimum Gasteiger partial charge on any atom is -0.497 e. The molecule has 0 aromatic heterocycles. The molecule has 1 saturated heterocycles. The number of ether oxygens (including phenoxy) is 7. The summed E-state index contributed by atoms with van der Waals surface area (Å²) in [6.07, 6.45) is -2.01. The fourth-order valence-electron chi connectivity index (χ4n) is 5.46. The summed E-state index contributed by atoms with van der Waals surface area (Å²) in [5.41, 5.74) is 5.02. The molecule has 5 atom stereocenters. The molecule has 0 unspecified atom stereocenters. The summed E-state index contributed by atoms with van der Waals surface area (Å²) >= 11 is 5.24. The first-order valence-corrected chi connectivity index (χ1v) is 15.5. The Balaban J connectivity index is 1.48. The minimum absolute atomic E-state index is 0.314. The lowest BCUT2D eigenvalue weighted by molar-refractivity contribution is -0.275. The Bertz CT molecular complexity index is 1480. The minimum atomic E-state index is -1.12. The van der Waals surface area contributed by atoms with Crippen LogP contribution < -0.4 is 14.2 Å². The molecule has 0 aliphatic carbocycles. The summed E-state index contributed by atoms with van der Waals surface area (Å²) in [4.78, 5) is -1.12. The molecule has 5 rings (SSSR count). The van der Waals surface area contributed by atoms with Crippen molar-refractivity contribution in [2.75, 3.05) is 21.3 Å². The maximum Gasteiger partial charge on any atom is 0.165 e. The van der Waals surface area contributed by atoms with Crippen molar-refractivity contribution in [1.29, 1.82) is 0 Å². The van der Waals surface area contributed by atoms with Gasteiger partial charge in [0.05, 0.1) is 47.3 Å². The van der Waals surface area contributed by atoms with Crippen LogP contribution in [0.25, 0.3) is 0 Å². The van der Waals surface area contributed by atoms with Crippen molar-refractivity contribution in [2.24, 2.45) is 0 Å². The standard InChI is InChI=1S/C37H42O7S/c1-25-6-14-30(15-7-25)37(45)36(43-24-29-12-20-33(40-5)21-13-29)35(42-23-28-10-18-32(39-4)19-11-28)34(26(2)44-37)41-22-27-8-16-31(38-3)17-9-27/h6-21,26,34-36,45H,22-24H2,1-5H3/t26-,34+,35+,36-,37+/m0/s1. The van der Waals surface area contributed by atoms with Crippen LogP contribution in [-0.4, -0.2) is 45.7 Å². The molecule has 0 radical (unpaired) electrons. The monoisotopic (exact) mass is 630 g/mol. The lowest BCUT2D eigenvalue weighted by atomic mass is 9.89. The molecular formula is C37H42O7S. The van der Waals surface area contributed by atoms with Gasteiger partial charge in [-0.25, -0.2) is 0 Å². The normalized spacial score (nSPS) is 23.0. The van der Waals surface area contributed by atoms with Crippen LogP contribution >= 0.6 is 12.6 Å². The van der Waals surface area contributed by atoms with Gasteiger partial charge in [-0.2, -0.15) is 0 Å². The number of methoxy groups -OCH3 is 3. The molecule has 0 saturated carbocycles. The van der Waals surface area contributed by atoms with E-state index in [2.05, 4.69) is 19.1 Å². The highest BCUT2D eigenvalue weighted by atomic mass is 32.1. The molecule has 0 bridgehead atoms. The fourth-order valence-corrected chi connectivity index (χ4v) is 6.00. The number of hydrogen-bond acceptors (Lipinski definition) is 8. The first-order valence-electron chi connectivity index (χ1n) is 15.0. The predicted molar refractivity (Wildman–Crippen MR) is 177 cm³/mol. The van der Waals surface area contributed by atoms with Gasteiger partial charge in [0.1, 0.15) is 35.6 Å². The molecule has 0 spiro atoms. The average molecular weight is 631 g/mol. The number of aryl methyl sites for hydroxylation is 1. The molecule has 1 fully saturated rings. The van der Waals surface area contributed by atoms with Gasteiger partial charge in [0.25, 0.3) is 0 Å². The second kappa shape index (κ2) is 15.2. The molecule has 4 aromatic carbocycles. The molecule has 0 amide bonds. The van der Waals surface area contributed by atoms with Gasteiger partial charge in [-0.05, 0) is 72.5 Å². The van der Waals surface area contributed by atoms with Crippen LogP contribution in [0.5, 0.6) is 17.2 Å². The van der Waals surface area contributed by atoms with Gasteiger partial charge in [-0.1, -0.05) is 66.2 Å². The van der Waals surface area contributed by atoms with Crippen LogP contribution in [-0.2, 0) is 43.7 Å². The van der Waals surface area contributed by atoms with Crippen molar-refractivity contribution in [2.45, 2.75) is 63.0 Å². The highest BCUT2D eigenvalue weighted by Crippen LogP contribution is 2.45. The Morgan fingerprint density at radius 3 is 1.40 bits per heavy atom. The first kappa shape index (κ1) is 32.9. The van der Waals surface area contributed by atoms with Crippen molar-refractivity contribution < 1.29 is 33.2 Å². The average Bonchev–Trinajstić information content (AvgIpc) is 3.07. The maximum atomic E-state index is 6.77. The van der Waals surface area contributed by atoms with E-state index >= 15 is 0 Å². The summed E-state index contributed by atoms with van der Waals surface area (Å²) in [5.74, 6) is 2.36. The second-order valence-electron chi connectivity index (χ2n) is 11.2. The van der Waals surface area contributed by atoms with Crippen molar-refractivity contribution in [3.63, 3.8) is 0 Å². The number of hydrogen-bond donors (Lipinski definition) is 1. The summed E-state index contributed by atoms with van der Waals surface area (Å²) < 4.78 is 42.9. The maximum absolute atomic E-state index is 6.77. The van der Waals surface area contributed by atoms with E-state index in [1.165, 1.54) is 0 Å². The van der Waals surface area contributed by atoms with E-state index in [0.717, 1.165) is 45.1 Å². The molecule has 45 heavy (non-hydrogen) atoms. The SMILES string of the molecule is COc1ccc(CO[C@@H]2[C@H](OCc3ccc(OC)cc3)[C@H](C)O[C@@](S)(c3ccc(C)cc3)[C@H]2OCc2ccc(OC)cc2)cc1. The van der Waals surface area contributed by atoms with Crippen LogP contribution in [0.15, 0.2) is 97.1 Å². The Labute approximate surface area is 271 Å². The lowest BCUT2D eigenvalue weighted by Crippen LogP contribution is -2.62. The van der Waals surface area contributed by atoms with Crippen LogP contribution in [0.1, 0.15) is 34.7 Å². The van der Waals surface area contributed by atoms with E-state index in [4.69, 9.17) is 45.8 Å². The highest BCUT2D eigenvalue weighted by molar-refractivity contribution is 7.81. The smallest absolute Gasteiger partial charge is 0.165 e. The molecule has 238 valence electrons. The van der Waals surface area contributed by atoms with Gasteiger partial charge in [-0.3, -0.25) is 0 Å². The molecule has 1 aliphatic heterocycles. The molecular weight excluding hydrogens is 588 g/mol. The van der Waals surface area contributed by atoms with Gasteiger partial charge in [0.15, 0.2) is 4.93 Å². The second-order valence-corrected chi connectivity index (χ2v) is 11.9. The summed E-state index contributed by atoms with van der Waals surface area (Å²) in [5, 5.41) is 0. The van der Waals surface area contributed by atoms with Gasteiger partial charge in [-0.15, -0.1) is 12.6 Å². The van der Waals surface area contributed by atoms with Gasteiger partial charge in [0, 0.05) is 0 Å². The zero-order valence-electron chi connectivity index (χ0n) is 26.5. The highest BCUT2D eigenvalue weighted by Gasteiger charge is 2.55. The Kier molecular flexibility index (Phi) is 11.1. The predicted octanol–water partition coefficient (Wildman–Crippen LogP) is 7.28. The third-order valence-corrected chi connectivity index (χ3v) is 8.71. The largest absolute Gasteiger partial charge is 0.497 e. The topological polar surface area (TPSA) is 64.6 Å². The molecule has 0 N–H and O–H groups in total. The van der Waals surface area contributed by atoms with Crippen molar-refractivity contribution >= 4 is 12.6 Å². The molecule has 4 aromatic rings. The number of rotatable bonds is 13. The fraction of sp³-hybridized carbons (Fsp3) is 0.351. The van der Waals surface area contributed by atoms with Crippen molar-refractivity contribution in [3.8, 4) is 17.2 Å². The van der Waals surface area contributed by atoms with Gasteiger partial charge < -0.3 is 33.2 Å². The molecule has 7 nitrogen and oxygen atoms in total. The van der Waals surface area contributed by atoms with Crippen LogP contribution in [0, 0.1) is 6.92 Å². The Hall–Kier alpha value is -3.53. The summed E-state index contributed by atoms with van der Waals surface area (Å²) in [6.45, 7) is 5.07. The molecule has 1 heterocycles. The van der Waals surface area contributed by atoms with E-state index in [0.29, 0.717) is 19.8 Å².